The van der Waals surface area contributed by atoms with Gasteiger partial charge in [0, 0.05) is 19.3 Å². The molecule has 0 aromatic heterocycles. The monoisotopic (exact) mass is 153 g/mol. The minimum Gasteiger partial charge on any atom is -0.375 e. The van der Waals surface area contributed by atoms with Gasteiger partial charge in [0.05, 0.1) is 0 Å². The predicted octanol–water partition coefficient (Wildman–Crippen LogP) is 2.81. The first kappa shape index (κ1) is 10.3. The molecule has 0 bridgehead atoms. The van der Waals surface area contributed by atoms with Gasteiger partial charge in [-0.3, -0.25) is 0 Å². The van der Waals surface area contributed by atoms with E-state index < -0.39 is 0 Å². The van der Waals surface area contributed by atoms with Crippen molar-refractivity contribution in [2.75, 3.05) is 13.6 Å². The van der Waals surface area contributed by atoms with Crippen LogP contribution in [0.2, 0.25) is 0 Å². The van der Waals surface area contributed by atoms with Crippen molar-refractivity contribution < 1.29 is 0 Å². The maximum absolute atomic E-state index is 2.26. The Hall–Kier alpha value is -0.720. The molecule has 0 rings (SSSR count). The van der Waals surface area contributed by atoms with Gasteiger partial charge in [-0.2, -0.15) is 0 Å². The van der Waals surface area contributed by atoms with Crippen molar-refractivity contribution in [1.82, 2.24) is 4.90 Å². The van der Waals surface area contributed by atoms with Crippen LogP contribution in [-0.4, -0.2) is 18.5 Å². The third kappa shape index (κ3) is 3.87. The van der Waals surface area contributed by atoms with E-state index in [0.717, 1.165) is 6.54 Å². The highest BCUT2D eigenvalue weighted by Gasteiger charge is 1.95. The Bertz CT molecular complexity index is 145. The molecule has 0 atom stereocenters. The van der Waals surface area contributed by atoms with Crippen LogP contribution in [0.5, 0.6) is 0 Å². The van der Waals surface area contributed by atoms with Crippen LogP contribution >= 0.6 is 0 Å². The van der Waals surface area contributed by atoms with Crippen LogP contribution in [0, 0.1) is 0 Å². The molecule has 0 N–H and O–H groups in total. The molecule has 0 saturated heterocycles. The van der Waals surface area contributed by atoms with Crippen LogP contribution in [0.25, 0.3) is 0 Å². The third-order valence-corrected chi connectivity index (χ3v) is 1.63. The Morgan fingerprint density at radius 2 is 2.00 bits per heavy atom. The molecule has 0 aliphatic rings. The summed E-state index contributed by atoms with van der Waals surface area (Å²) in [6, 6.07) is 0. The Labute approximate surface area is 70.4 Å². The van der Waals surface area contributed by atoms with Crippen LogP contribution in [0.3, 0.4) is 0 Å². The molecule has 0 radical (unpaired) electrons. The zero-order chi connectivity index (χ0) is 8.69. The molecule has 11 heavy (non-hydrogen) atoms. The van der Waals surface area contributed by atoms with E-state index in [-0.39, 0.29) is 0 Å². The van der Waals surface area contributed by atoms with E-state index in [9.17, 15) is 0 Å². The first-order valence-corrected chi connectivity index (χ1v) is 4.26. The lowest BCUT2D eigenvalue weighted by atomic mass is 10.3. The first-order chi connectivity index (χ1) is 5.26. The molecular formula is C10H19N. The molecule has 0 aromatic carbocycles. The highest BCUT2D eigenvalue weighted by Crippen LogP contribution is 2.03. The minimum atomic E-state index is 1.13. The second kappa shape index (κ2) is 6.02. The maximum atomic E-state index is 2.26. The number of hydrogen-bond acceptors (Lipinski definition) is 1. The van der Waals surface area contributed by atoms with Crippen molar-refractivity contribution in [3.63, 3.8) is 0 Å². The van der Waals surface area contributed by atoms with E-state index >= 15 is 0 Å². The van der Waals surface area contributed by atoms with E-state index in [2.05, 4.69) is 44.0 Å². The predicted molar refractivity (Wildman–Crippen MR) is 51.5 cm³/mol. The van der Waals surface area contributed by atoms with Gasteiger partial charge in [0.2, 0.25) is 0 Å². The molecule has 0 spiro atoms. The summed E-state index contributed by atoms with van der Waals surface area (Å²) >= 11 is 0. The lowest BCUT2D eigenvalue weighted by Crippen LogP contribution is -2.16. The SMILES string of the molecule is C/C=C\C(=C/C)N(C)CCC. The molecule has 0 unspecified atom stereocenters. The molecule has 0 heterocycles. The molecule has 0 aliphatic carbocycles. The zero-order valence-electron chi connectivity index (χ0n) is 8.09. The van der Waals surface area contributed by atoms with Gasteiger partial charge in [-0.15, -0.1) is 0 Å². The summed E-state index contributed by atoms with van der Waals surface area (Å²) in [5, 5.41) is 0. The van der Waals surface area contributed by atoms with Crippen LogP contribution in [0.1, 0.15) is 27.2 Å². The molecule has 0 fully saturated rings. The first-order valence-electron chi connectivity index (χ1n) is 4.26. The molecule has 64 valence electrons. The van der Waals surface area contributed by atoms with Crippen LogP contribution in [-0.2, 0) is 0 Å². The van der Waals surface area contributed by atoms with Crippen molar-refractivity contribution in [3.8, 4) is 0 Å². The molecule has 0 aliphatic heterocycles. The summed E-state index contributed by atoms with van der Waals surface area (Å²) in [6.07, 6.45) is 7.54. The summed E-state index contributed by atoms with van der Waals surface area (Å²) in [4.78, 5) is 2.26. The van der Waals surface area contributed by atoms with Gasteiger partial charge in [0.25, 0.3) is 0 Å². The summed E-state index contributed by atoms with van der Waals surface area (Å²) in [5.41, 5.74) is 1.30. The van der Waals surface area contributed by atoms with Gasteiger partial charge in [0.15, 0.2) is 0 Å². The van der Waals surface area contributed by atoms with Crippen LogP contribution in [0.15, 0.2) is 23.9 Å². The van der Waals surface area contributed by atoms with E-state index in [1.165, 1.54) is 12.1 Å². The molecule has 1 heteroatoms. The fourth-order valence-electron chi connectivity index (χ4n) is 1.08. The van der Waals surface area contributed by atoms with Gasteiger partial charge >= 0.3 is 0 Å². The van der Waals surface area contributed by atoms with Crippen molar-refractivity contribution in [1.29, 1.82) is 0 Å². The van der Waals surface area contributed by atoms with E-state index in [0.29, 0.717) is 0 Å². The fourth-order valence-corrected chi connectivity index (χ4v) is 1.08. The zero-order valence-corrected chi connectivity index (χ0v) is 8.09. The largest absolute Gasteiger partial charge is 0.375 e. The summed E-state index contributed by atoms with van der Waals surface area (Å²) in [7, 11) is 2.12. The van der Waals surface area contributed by atoms with Crippen LogP contribution in [0.4, 0.5) is 0 Å². The van der Waals surface area contributed by atoms with Crippen molar-refractivity contribution in [2.45, 2.75) is 27.2 Å². The highest BCUT2D eigenvalue weighted by molar-refractivity contribution is 5.15. The molecular weight excluding hydrogens is 134 g/mol. The molecule has 0 amide bonds. The number of rotatable bonds is 4. The smallest absolute Gasteiger partial charge is 0.0316 e. The second-order valence-corrected chi connectivity index (χ2v) is 2.64. The summed E-state index contributed by atoms with van der Waals surface area (Å²) < 4.78 is 0. The van der Waals surface area contributed by atoms with Crippen molar-refractivity contribution in [2.24, 2.45) is 0 Å². The molecule has 1 nitrogen and oxygen atoms in total. The number of allylic oxidation sites excluding steroid dienone is 3. The lowest BCUT2D eigenvalue weighted by molar-refractivity contribution is 0.428. The fraction of sp³-hybridized carbons (Fsp3) is 0.600. The van der Waals surface area contributed by atoms with Crippen molar-refractivity contribution >= 4 is 0 Å². The van der Waals surface area contributed by atoms with Gasteiger partial charge in [-0.25, -0.2) is 0 Å². The Morgan fingerprint density at radius 1 is 1.36 bits per heavy atom. The van der Waals surface area contributed by atoms with E-state index in [1.807, 2.05) is 6.92 Å². The topological polar surface area (TPSA) is 3.24 Å². The van der Waals surface area contributed by atoms with Gasteiger partial charge < -0.3 is 4.90 Å². The summed E-state index contributed by atoms with van der Waals surface area (Å²) in [6.45, 7) is 7.44. The number of likely N-dealkylation sites (N-methyl/N-ethyl adjacent to an activating group) is 1. The average molecular weight is 153 g/mol. The van der Waals surface area contributed by atoms with Crippen LogP contribution < -0.4 is 0 Å². The van der Waals surface area contributed by atoms with Gasteiger partial charge in [-0.1, -0.05) is 19.1 Å². The Kier molecular flexibility index (Phi) is 5.63. The van der Waals surface area contributed by atoms with E-state index in [4.69, 9.17) is 0 Å². The molecule has 0 saturated carbocycles. The molecule has 0 aromatic rings. The Balaban J connectivity index is 4.04. The third-order valence-electron chi connectivity index (χ3n) is 1.63. The highest BCUT2D eigenvalue weighted by atomic mass is 15.1. The normalized spacial score (nSPS) is 12.5. The number of nitrogens with zero attached hydrogens (tertiary/aromatic N) is 1. The van der Waals surface area contributed by atoms with E-state index in [1.54, 1.807) is 0 Å². The minimum absolute atomic E-state index is 1.13. The lowest BCUT2D eigenvalue weighted by Gasteiger charge is -2.18. The standard InChI is InChI=1S/C10H19N/c1-5-8-10(7-3)11(4)9-6-2/h5,7-8H,6,9H2,1-4H3/b8-5-,10-7+. The number of hydrogen-bond donors (Lipinski definition) is 0. The van der Waals surface area contributed by atoms with Crippen molar-refractivity contribution in [3.05, 3.63) is 23.9 Å². The Morgan fingerprint density at radius 3 is 2.36 bits per heavy atom. The quantitative estimate of drug-likeness (QED) is 0.561. The average Bonchev–Trinajstić information content (AvgIpc) is 2.00. The van der Waals surface area contributed by atoms with Gasteiger partial charge in [-0.05, 0) is 26.3 Å². The maximum Gasteiger partial charge on any atom is 0.0316 e. The van der Waals surface area contributed by atoms with Gasteiger partial charge in [0.1, 0.15) is 0 Å². The summed E-state index contributed by atoms with van der Waals surface area (Å²) in [5.74, 6) is 0. The second-order valence-electron chi connectivity index (χ2n) is 2.64.